The molecule has 0 spiro atoms. The average molecular weight is 322 g/mol. The highest BCUT2D eigenvalue weighted by atomic mass is 79.9. The number of hydrogen-bond acceptors (Lipinski definition) is 2. The minimum atomic E-state index is 0.0202. The highest BCUT2D eigenvalue weighted by molar-refractivity contribution is 9.11. The van der Waals surface area contributed by atoms with E-state index in [0.717, 1.165) is 14.7 Å². The van der Waals surface area contributed by atoms with Gasteiger partial charge in [-0.05, 0) is 57.8 Å². The molecule has 4 heteroatoms. The van der Waals surface area contributed by atoms with Crippen molar-refractivity contribution in [2.75, 3.05) is 6.61 Å². The summed E-state index contributed by atoms with van der Waals surface area (Å²) >= 11 is 6.68. The van der Waals surface area contributed by atoms with Crippen LogP contribution < -0.4 is 4.74 Å². The molecular weight excluding hydrogens is 312 g/mol. The van der Waals surface area contributed by atoms with Crippen LogP contribution in [0.3, 0.4) is 0 Å². The number of carbonyl (C=O) groups excluding carboxylic acids is 1. The first-order chi connectivity index (χ1) is 6.56. The third-order valence-electron chi connectivity index (χ3n) is 1.68. The van der Waals surface area contributed by atoms with Crippen LogP contribution >= 0.6 is 31.9 Å². The van der Waals surface area contributed by atoms with E-state index >= 15 is 0 Å². The molecule has 2 nitrogen and oxygen atoms in total. The molecule has 1 aromatic carbocycles. The van der Waals surface area contributed by atoms with Crippen molar-refractivity contribution < 1.29 is 9.53 Å². The van der Waals surface area contributed by atoms with Gasteiger partial charge in [-0.2, -0.15) is 0 Å². The lowest BCUT2D eigenvalue weighted by molar-refractivity contribution is 0.101. The number of ketones is 1. The van der Waals surface area contributed by atoms with Crippen molar-refractivity contribution >= 4 is 37.6 Å². The Hall–Kier alpha value is -0.350. The second-order valence-electron chi connectivity index (χ2n) is 2.75. The third kappa shape index (κ3) is 2.58. The zero-order valence-electron chi connectivity index (χ0n) is 7.93. The second-order valence-corrected chi connectivity index (χ2v) is 4.46. The maximum atomic E-state index is 11.3. The van der Waals surface area contributed by atoms with Crippen LogP contribution in [-0.4, -0.2) is 12.4 Å². The van der Waals surface area contributed by atoms with Crippen LogP contribution in [0.1, 0.15) is 24.2 Å². The maximum absolute atomic E-state index is 11.3. The lowest BCUT2D eigenvalue weighted by atomic mass is 10.1. The van der Waals surface area contributed by atoms with Crippen molar-refractivity contribution in [1.29, 1.82) is 0 Å². The molecule has 0 aliphatic heterocycles. The number of Topliss-reactive ketones (excluding diaryl/α,β-unsaturated/α-hetero) is 1. The Morgan fingerprint density at radius 2 is 1.86 bits per heavy atom. The molecule has 14 heavy (non-hydrogen) atoms. The Morgan fingerprint density at radius 1 is 1.36 bits per heavy atom. The van der Waals surface area contributed by atoms with E-state index in [9.17, 15) is 4.79 Å². The molecule has 0 aliphatic rings. The number of carbonyl (C=O) groups is 1. The first-order valence-electron chi connectivity index (χ1n) is 4.19. The standard InChI is InChI=1S/C10H10Br2O2/c1-3-14-7-4-8(11)10(6(2)13)9(12)5-7/h4-5H,3H2,1-2H3. The Bertz CT molecular complexity index is 338. The molecule has 0 N–H and O–H groups in total. The summed E-state index contributed by atoms with van der Waals surface area (Å²) in [5, 5.41) is 0. The Morgan fingerprint density at radius 3 is 2.21 bits per heavy atom. The lowest BCUT2D eigenvalue weighted by Crippen LogP contribution is -1.98. The summed E-state index contributed by atoms with van der Waals surface area (Å²) in [6.45, 7) is 4.06. The van der Waals surface area contributed by atoms with Crippen molar-refractivity contribution in [2.45, 2.75) is 13.8 Å². The van der Waals surface area contributed by atoms with Gasteiger partial charge in [-0.25, -0.2) is 0 Å². The quantitative estimate of drug-likeness (QED) is 0.791. The van der Waals surface area contributed by atoms with Crippen LogP contribution in [0.15, 0.2) is 21.1 Å². The molecule has 0 fully saturated rings. The van der Waals surface area contributed by atoms with Crippen LogP contribution in [0, 0.1) is 0 Å². The minimum Gasteiger partial charge on any atom is -0.494 e. The Kier molecular flexibility index (Phi) is 4.13. The molecule has 0 atom stereocenters. The van der Waals surface area contributed by atoms with E-state index in [1.165, 1.54) is 6.92 Å². The van der Waals surface area contributed by atoms with Gasteiger partial charge in [-0.15, -0.1) is 0 Å². The van der Waals surface area contributed by atoms with Crippen LogP contribution in [0.4, 0.5) is 0 Å². The van der Waals surface area contributed by atoms with E-state index in [0.29, 0.717) is 12.2 Å². The highest BCUT2D eigenvalue weighted by Gasteiger charge is 2.11. The molecule has 0 aliphatic carbocycles. The van der Waals surface area contributed by atoms with Crippen LogP contribution in [0.2, 0.25) is 0 Å². The van der Waals surface area contributed by atoms with Gasteiger partial charge in [0, 0.05) is 14.5 Å². The normalized spacial score (nSPS) is 10.0. The Labute approximate surface area is 99.9 Å². The SMILES string of the molecule is CCOc1cc(Br)c(C(C)=O)c(Br)c1. The van der Waals surface area contributed by atoms with E-state index in [4.69, 9.17) is 4.74 Å². The second kappa shape index (κ2) is 4.94. The molecule has 0 saturated heterocycles. The van der Waals surface area contributed by atoms with Gasteiger partial charge in [0.05, 0.1) is 6.61 Å². The van der Waals surface area contributed by atoms with E-state index < -0.39 is 0 Å². The summed E-state index contributed by atoms with van der Waals surface area (Å²) in [6, 6.07) is 3.59. The van der Waals surface area contributed by atoms with Crippen molar-refractivity contribution in [3.05, 3.63) is 26.6 Å². The van der Waals surface area contributed by atoms with Crippen molar-refractivity contribution in [3.63, 3.8) is 0 Å². The summed E-state index contributed by atoms with van der Waals surface area (Å²) in [7, 11) is 0. The Balaban J connectivity index is 3.18. The molecule has 0 unspecified atom stereocenters. The van der Waals surface area contributed by atoms with Gasteiger partial charge in [0.25, 0.3) is 0 Å². The van der Waals surface area contributed by atoms with E-state index in [1.54, 1.807) is 12.1 Å². The van der Waals surface area contributed by atoms with Gasteiger partial charge >= 0.3 is 0 Å². The first kappa shape index (κ1) is 11.7. The van der Waals surface area contributed by atoms with Crippen LogP contribution in [0.5, 0.6) is 5.75 Å². The fourth-order valence-electron chi connectivity index (χ4n) is 1.14. The molecule has 0 bridgehead atoms. The molecule has 1 aromatic rings. The summed E-state index contributed by atoms with van der Waals surface area (Å²) in [5.74, 6) is 0.767. The molecule has 0 radical (unpaired) electrons. The van der Waals surface area contributed by atoms with Gasteiger partial charge in [-0.3, -0.25) is 4.79 Å². The largest absolute Gasteiger partial charge is 0.494 e. The fourth-order valence-corrected chi connectivity index (χ4v) is 2.84. The molecular formula is C10H10Br2O2. The van der Waals surface area contributed by atoms with Crippen molar-refractivity contribution in [1.82, 2.24) is 0 Å². The molecule has 0 amide bonds. The zero-order chi connectivity index (χ0) is 10.7. The van der Waals surface area contributed by atoms with Gasteiger partial charge in [-0.1, -0.05) is 0 Å². The number of halogens is 2. The summed E-state index contributed by atoms with van der Waals surface area (Å²) in [6.07, 6.45) is 0. The van der Waals surface area contributed by atoms with Crippen molar-refractivity contribution in [2.24, 2.45) is 0 Å². The van der Waals surface area contributed by atoms with E-state index in [-0.39, 0.29) is 5.78 Å². The molecule has 76 valence electrons. The minimum absolute atomic E-state index is 0.0202. The smallest absolute Gasteiger partial charge is 0.162 e. The van der Waals surface area contributed by atoms with Gasteiger partial charge in [0.15, 0.2) is 5.78 Å². The van der Waals surface area contributed by atoms with Crippen molar-refractivity contribution in [3.8, 4) is 5.75 Å². The van der Waals surface area contributed by atoms with E-state index in [1.807, 2.05) is 6.92 Å². The molecule has 0 aromatic heterocycles. The van der Waals surface area contributed by atoms with Gasteiger partial charge in [0.1, 0.15) is 5.75 Å². The number of benzene rings is 1. The predicted octanol–water partition coefficient (Wildman–Crippen LogP) is 3.81. The maximum Gasteiger partial charge on any atom is 0.162 e. The van der Waals surface area contributed by atoms with Crippen LogP contribution in [-0.2, 0) is 0 Å². The fraction of sp³-hybridized carbons (Fsp3) is 0.300. The summed E-state index contributed by atoms with van der Waals surface area (Å²) in [4.78, 5) is 11.3. The summed E-state index contributed by atoms with van der Waals surface area (Å²) < 4.78 is 6.84. The van der Waals surface area contributed by atoms with E-state index in [2.05, 4.69) is 31.9 Å². The number of rotatable bonds is 3. The van der Waals surface area contributed by atoms with Gasteiger partial charge in [0.2, 0.25) is 0 Å². The predicted molar refractivity (Wildman–Crippen MR) is 63.0 cm³/mol. The monoisotopic (exact) mass is 320 g/mol. The zero-order valence-corrected chi connectivity index (χ0v) is 11.1. The topological polar surface area (TPSA) is 26.3 Å². The summed E-state index contributed by atoms with van der Waals surface area (Å²) in [5.41, 5.74) is 0.647. The first-order valence-corrected chi connectivity index (χ1v) is 5.77. The van der Waals surface area contributed by atoms with Gasteiger partial charge < -0.3 is 4.74 Å². The number of ether oxygens (including phenoxy) is 1. The molecule has 0 saturated carbocycles. The van der Waals surface area contributed by atoms with Crippen LogP contribution in [0.25, 0.3) is 0 Å². The average Bonchev–Trinajstić information content (AvgIpc) is 2.01. The molecule has 1 rings (SSSR count). The molecule has 0 heterocycles. The number of hydrogen-bond donors (Lipinski definition) is 0. The third-order valence-corrected chi connectivity index (χ3v) is 2.93. The highest BCUT2D eigenvalue weighted by Crippen LogP contribution is 2.31. The lowest BCUT2D eigenvalue weighted by Gasteiger charge is -2.08.